The quantitative estimate of drug-likeness (QED) is 0.654. The zero-order valence-electron chi connectivity index (χ0n) is 11.9. The van der Waals surface area contributed by atoms with Gasteiger partial charge in [-0.1, -0.05) is 72.8 Å². The molecule has 2 nitrogen and oxygen atoms in total. The van der Waals surface area contributed by atoms with Crippen LogP contribution in [0.3, 0.4) is 0 Å². The third kappa shape index (κ3) is 2.72. The van der Waals surface area contributed by atoms with Crippen LogP contribution in [0.4, 0.5) is 0 Å². The van der Waals surface area contributed by atoms with E-state index in [4.69, 9.17) is 0 Å². The maximum Gasteiger partial charge on any atom is 0.150 e. The Morgan fingerprint density at radius 2 is 0.864 bits per heavy atom. The van der Waals surface area contributed by atoms with Crippen molar-refractivity contribution in [3.05, 3.63) is 83.9 Å². The van der Waals surface area contributed by atoms with Gasteiger partial charge in [-0.05, 0) is 22.3 Å². The molecule has 0 spiro atoms. The summed E-state index contributed by atoms with van der Waals surface area (Å²) in [5, 5.41) is 0. The van der Waals surface area contributed by atoms with E-state index < -0.39 is 0 Å². The fourth-order valence-electron chi connectivity index (χ4n) is 2.47. The molecule has 0 aromatic heterocycles. The fourth-order valence-corrected chi connectivity index (χ4v) is 2.47. The molecule has 3 aromatic carbocycles. The molecule has 22 heavy (non-hydrogen) atoms. The van der Waals surface area contributed by atoms with Gasteiger partial charge in [-0.3, -0.25) is 9.59 Å². The van der Waals surface area contributed by atoms with Crippen LogP contribution < -0.4 is 0 Å². The number of carbonyl (C=O) groups is 2. The van der Waals surface area contributed by atoms with Gasteiger partial charge in [0.05, 0.1) is 0 Å². The van der Waals surface area contributed by atoms with Crippen molar-refractivity contribution < 1.29 is 9.59 Å². The van der Waals surface area contributed by atoms with Crippen LogP contribution >= 0.6 is 0 Å². The minimum atomic E-state index is 0.663. The minimum absolute atomic E-state index is 0.663. The summed E-state index contributed by atoms with van der Waals surface area (Å²) < 4.78 is 0. The molecular weight excluding hydrogens is 272 g/mol. The molecule has 0 saturated carbocycles. The van der Waals surface area contributed by atoms with Crippen molar-refractivity contribution in [2.24, 2.45) is 0 Å². The number of hydrogen-bond donors (Lipinski definition) is 0. The van der Waals surface area contributed by atoms with Crippen LogP contribution in [0.2, 0.25) is 0 Å². The number of rotatable bonds is 4. The number of carbonyl (C=O) groups excluding carboxylic acids is 2. The van der Waals surface area contributed by atoms with Crippen molar-refractivity contribution in [1.29, 1.82) is 0 Å². The van der Waals surface area contributed by atoms with Crippen molar-refractivity contribution in [2.45, 2.75) is 0 Å². The number of aldehydes is 2. The lowest BCUT2D eigenvalue weighted by atomic mass is 9.94. The monoisotopic (exact) mass is 286 g/mol. The molecule has 0 aliphatic carbocycles. The minimum Gasteiger partial charge on any atom is -0.298 e. The van der Waals surface area contributed by atoms with Crippen molar-refractivity contribution in [3.63, 3.8) is 0 Å². The average Bonchev–Trinajstić information content (AvgIpc) is 2.62. The Balaban J connectivity index is 2.08. The first-order valence-electron chi connectivity index (χ1n) is 7.02. The van der Waals surface area contributed by atoms with Gasteiger partial charge in [-0.2, -0.15) is 0 Å². The highest BCUT2D eigenvalue weighted by atomic mass is 16.1. The van der Waals surface area contributed by atoms with Gasteiger partial charge in [0.25, 0.3) is 0 Å². The first kappa shape index (κ1) is 14.0. The van der Waals surface area contributed by atoms with Crippen LogP contribution in [0.1, 0.15) is 20.7 Å². The number of benzene rings is 3. The van der Waals surface area contributed by atoms with E-state index in [-0.39, 0.29) is 0 Å². The summed E-state index contributed by atoms with van der Waals surface area (Å²) in [5.41, 5.74) is 5.63. The van der Waals surface area contributed by atoms with Gasteiger partial charge < -0.3 is 0 Å². The predicted molar refractivity (Wildman–Crippen MR) is 88.1 cm³/mol. The lowest BCUT2D eigenvalue weighted by Gasteiger charge is -2.10. The second kappa shape index (κ2) is 6.19. The van der Waals surface area contributed by atoms with Crippen LogP contribution in [0.15, 0.2) is 72.8 Å². The van der Waals surface area contributed by atoms with E-state index in [0.717, 1.165) is 34.8 Å². The Morgan fingerprint density at radius 3 is 1.18 bits per heavy atom. The highest BCUT2D eigenvalue weighted by Gasteiger charge is 2.07. The Hall–Kier alpha value is -3.00. The molecule has 0 N–H and O–H groups in total. The summed E-state index contributed by atoms with van der Waals surface area (Å²) in [6.45, 7) is 0. The van der Waals surface area contributed by atoms with Gasteiger partial charge in [-0.25, -0.2) is 0 Å². The SMILES string of the molecule is O=Cc1ccc(-c2ccccc2-c2ccc(C=O)cc2)cc1. The van der Waals surface area contributed by atoms with Crippen molar-refractivity contribution in [3.8, 4) is 22.3 Å². The molecular formula is C20H14O2. The van der Waals surface area contributed by atoms with Crippen LogP contribution in [0.25, 0.3) is 22.3 Å². The molecule has 0 amide bonds. The van der Waals surface area contributed by atoms with E-state index >= 15 is 0 Å². The van der Waals surface area contributed by atoms with E-state index in [1.165, 1.54) is 0 Å². The molecule has 3 rings (SSSR count). The van der Waals surface area contributed by atoms with Gasteiger partial charge in [0.2, 0.25) is 0 Å². The maximum absolute atomic E-state index is 10.8. The van der Waals surface area contributed by atoms with Gasteiger partial charge in [0.15, 0.2) is 0 Å². The Morgan fingerprint density at radius 1 is 0.500 bits per heavy atom. The molecule has 0 heterocycles. The Kier molecular flexibility index (Phi) is 3.92. The fraction of sp³-hybridized carbons (Fsp3) is 0. The first-order valence-corrected chi connectivity index (χ1v) is 7.02. The summed E-state index contributed by atoms with van der Waals surface area (Å²) in [5.74, 6) is 0. The summed E-state index contributed by atoms with van der Waals surface area (Å²) >= 11 is 0. The molecule has 0 aliphatic rings. The zero-order valence-corrected chi connectivity index (χ0v) is 11.9. The Bertz CT molecular complexity index is 729. The van der Waals surface area contributed by atoms with E-state index in [1.807, 2.05) is 60.7 Å². The summed E-state index contributed by atoms with van der Waals surface area (Å²) in [6.07, 6.45) is 1.68. The molecule has 0 unspecified atom stereocenters. The largest absolute Gasteiger partial charge is 0.298 e. The number of hydrogen-bond acceptors (Lipinski definition) is 2. The topological polar surface area (TPSA) is 34.1 Å². The molecule has 0 radical (unpaired) electrons. The predicted octanol–water partition coefficient (Wildman–Crippen LogP) is 4.65. The van der Waals surface area contributed by atoms with Crippen LogP contribution in [-0.4, -0.2) is 12.6 Å². The molecule has 0 atom stereocenters. The maximum atomic E-state index is 10.8. The highest BCUT2D eigenvalue weighted by molar-refractivity contribution is 5.86. The van der Waals surface area contributed by atoms with Crippen molar-refractivity contribution in [1.82, 2.24) is 0 Å². The smallest absolute Gasteiger partial charge is 0.150 e. The average molecular weight is 286 g/mol. The van der Waals surface area contributed by atoms with Crippen molar-refractivity contribution >= 4 is 12.6 Å². The summed E-state index contributed by atoms with van der Waals surface area (Å²) in [6, 6.07) is 23.1. The normalized spacial score (nSPS) is 10.2. The van der Waals surface area contributed by atoms with E-state index in [1.54, 1.807) is 0 Å². The molecule has 0 saturated heterocycles. The van der Waals surface area contributed by atoms with E-state index in [2.05, 4.69) is 12.1 Å². The van der Waals surface area contributed by atoms with Gasteiger partial charge >= 0.3 is 0 Å². The van der Waals surface area contributed by atoms with Gasteiger partial charge in [0.1, 0.15) is 12.6 Å². The third-order valence-corrected chi connectivity index (χ3v) is 3.64. The van der Waals surface area contributed by atoms with Crippen LogP contribution in [-0.2, 0) is 0 Å². The van der Waals surface area contributed by atoms with Crippen LogP contribution in [0, 0.1) is 0 Å². The van der Waals surface area contributed by atoms with Gasteiger partial charge in [0, 0.05) is 11.1 Å². The zero-order chi connectivity index (χ0) is 15.4. The molecule has 3 aromatic rings. The van der Waals surface area contributed by atoms with E-state index in [9.17, 15) is 9.59 Å². The second-order valence-corrected chi connectivity index (χ2v) is 5.03. The molecule has 106 valence electrons. The molecule has 0 bridgehead atoms. The molecule has 0 aliphatic heterocycles. The summed E-state index contributed by atoms with van der Waals surface area (Å²) in [7, 11) is 0. The molecule has 0 fully saturated rings. The lowest BCUT2D eigenvalue weighted by molar-refractivity contribution is 0.111. The first-order chi connectivity index (χ1) is 10.8. The molecule has 2 heteroatoms. The second-order valence-electron chi connectivity index (χ2n) is 5.03. The standard InChI is InChI=1S/C20H14O2/c21-13-15-5-9-17(10-6-15)19-3-1-2-4-20(19)18-11-7-16(14-22)8-12-18/h1-14H. The van der Waals surface area contributed by atoms with Crippen LogP contribution in [0.5, 0.6) is 0 Å². The third-order valence-electron chi connectivity index (χ3n) is 3.64. The highest BCUT2D eigenvalue weighted by Crippen LogP contribution is 2.32. The van der Waals surface area contributed by atoms with Gasteiger partial charge in [-0.15, -0.1) is 0 Å². The lowest BCUT2D eigenvalue weighted by Crippen LogP contribution is -1.87. The van der Waals surface area contributed by atoms with E-state index in [0.29, 0.717) is 11.1 Å². The van der Waals surface area contributed by atoms with Crippen molar-refractivity contribution in [2.75, 3.05) is 0 Å². The summed E-state index contributed by atoms with van der Waals surface area (Å²) in [4.78, 5) is 21.5. The Labute approximate surface area is 129 Å².